The van der Waals surface area contributed by atoms with Crippen LogP contribution in [0.25, 0.3) is 6.08 Å². The summed E-state index contributed by atoms with van der Waals surface area (Å²) in [4.78, 5) is 37.3. The van der Waals surface area contributed by atoms with Crippen molar-refractivity contribution < 1.29 is 29.0 Å². The van der Waals surface area contributed by atoms with Crippen LogP contribution in [0.4, 0.5) is 4.79 Å². The van der Waals surface area contributed by atoms with Crippen molar-refractivity contribution in [1.29, 1.82) is 0 Å². The Labute approximate surface area is 153 Å². The van der Waals surface area contributed by atoms with Gasteiger partial charge in [0, 0.05) is 16.7 Å². The quantitative estimate of drug-likeness (QED) is 0.615. The van der Waals surface area contributed by atoms with Crippen molar-refractivity contribution in [1.82, 2.24) is 4.90 Å². The molecular formula is C16H16ClNO6S. The van der Waals surface area contributed by atoms with Crippen molar-refractivity contribution in [3.8, 4) is 11.5 Å². The molecule has 0 bridgehead atoms. The Hall–Kier alpha value is -2.19. The van der Waals surface area contributed by atoms with Crippen molar-refractivity contribution in [3.63, 3.8) is 0 Å². The maximum atomic E-state index is 12.5. The van der Waals surface area contributed by atoms with Crippen molar-refractivity contribution in [2.75, 3.05) is 13.7 Å². The van der Waals surface area contributed by atoms with E-state index in [9.17, 15) is 19.5 Å². The number of methoxy groups -OCH3 is 1. The van der Waals surface area contributed by atoms with Gasteiger partial charge in [0.2, 0.25) is 0 Å². The number of esters is 1. The molecule has 1 unspecified atom stereocenters. The van der Waals surface area contributed by atoms with E-state index in [-0.39, 0.29) is 28.6 Å². The molecule has 1 atom stereocenters. The van der Waals surface area contributed by atoms with E-state index in [1.54, 1.807) is 6.92 Å². The number of phenols is 1. The number of carbonyl (C=O) groups is 3. The zero-order valence-corrected chi connectivity index (χ0v) is 15.3. The van der Waals surface area contributed by atoms with E-state index in [1.807, 2.05) is 0 Å². The minimum Gasteiger partial charge on any atom is -0.504 e. The van der Waals surface area contributed by atoms with Gasteiger partial charge in [0.05, 0.1) is 18.6 Å². The van der Waals surface area contributed by atoms with E-state index < -0.39 is 23.2 Å². The van der Waals surface area contributed by atoms with Crippen LogP contribution in [-0.2, 0) is 14.3 Å². The van der Waals surface area contributed by atoms with Gasteiger partial charge in [-0.2, -0.15) is 0 Å². The number of nitrogens with zero attached hydrogens (tertiary/aromatic N) is 1. The first-order valence-corrected chi connectivity index (χ1v) is 8.49. The van der Waals surface area contributed by atoms with Gasteiger partial charge in [-0.3, -0.25) is 14.5 Å². The van der Waals surface area contributed by atoms with Gasteiger partial charge in [-0.05, 0) is 37.8 Å². The van der Waals surface area contributed by atoms with Crippen LogP contribution < -0.4 is 4.74 Å². The summed E-state index contributed by atoms with van der Waals surface area (Å²) in [5, 5.41) is 9.84. The predicted molar refractivity (Wildman–Crippen MR) is 93.6 cm³/mol. The maximum absolute atomic E-state index is 12.5. The zero-order chi connectivity index (χ0) is 18.7. The topological polar surface area (TPSA) is 93.1 Å². The van der Waals surface area contributed by atoms with Gasteiger partial charge in [-0.15, -0.1) is 0 Å². The van der Waals surface area contributed by atoms with Gasteiger partial charge in [0.1, 0.15) is 6.04 Å². The lowest BCUT2D eigenvalue weighted by Gasteiger charge is -2.19. The summed E-state index contributed by atoms with van der Waals surface area (Å²) in [5.41, 5.74) is 0.221. The van der Waals surface area contributed by atoms with E-state index in [0.29, 0.717) is 16.8 Å². The Morgan fingerprint density at radius 2 is 2.12 bits per heavy atom. The third kappa shape index (κ3) is 3.91. The third-order valence-electron chi connectivity index (χ3n) is 3.41. The number of thioether (sulfide) groups is 1. The summed E-state index contributed by atoms with van der Waals surface area (Å²) in [6, 6.07) is 1.81. The van der Waals surface area contributed by atoms with Gasteiger partial charge < -0.3 is 14.6 Å². The molecule has 1 aromatic carbocycles. The number of hydrogen-bond acceptors (Lipinski definition) is 7. The maximum Gasteiger partial charge on any atom is 0.329 e. The van der Waals surface area contributed by atoms with Crippen LogP contribution >= 0.6 is 23.4 Å². The smallest absolute Gasteiger partial charge is 0.329 e. The molecule has 1 aliphatic rings. The minimum absolute atomic E-state index is 0.0563. The molecule has 1 aliphatic heterocycles. The molecule has 0 aliphatic carbocycles. The van der Waals surface area contributed by atoms with Gasteiger partial charge in [0.15, 0.2) is 11.5 Å². The zero-order valence-electron chi connectivity index (χ0n) is 13.7. The predicted octanol–water partition coefficient (Wildman–Crippen LogP) is 3.04. The summed E-state index contributed by atoms with van der Waals surface area (Å²) in [6.07, 6.45) is 1.33. The molecule has 0 radical (unpaired) electrons. The second-order valence-corrected chi connectivity index (χ2v) is 6.46. The normalized spacial score (nSPS) is 17.1. The van der Waals surface area contributed by atoms with Crippen LogP contribution in [0.15, 0.2) is 17.0 Å². The van der Waals surface area contributed by atoms with Crippen molar-refractivity contribution in [2.45, 2.75) is 19.9 Å². The Morgan fingerprint density at radius 3 is 2.72 bits per heavy atom. The summed E-state index contributed by atoms with van der Waals surface area (Å²) < 4.78 is 9.85. The molecule has 2 amide bonds. The van der Waals surface area contributed by atoms with Gasteiger partial charge in [-0.25, -0.2) is 4.79 Å². The number of benzene rings is 1. The SMILES string of the molecule is CCOC(=O)C(C)N1C(=O)SC(=Cc2cc(Cl)cc(OC)c2O)C1=O. The first-order chi connectivity index (χ1) is 11.8. The van der Waals surface area contributed by atoms with Crippen molar-refractivity contribution in [2.24, 2.45) is 0 Å². The highest BCUT2D eigenvalue weighted by atomic mass is 35.5. The lowest BCUT2D eigenvalue weighted by Crippen LogP contribution is -2.42. The number of phenolic OH excluding ortho intramolecular Hbond substituents is 1. The number of carbonyl (C=O) groups excluding carboxylic acids is 3. The number of hydrogen-bond donors (Lipinski definition) is 1. The number of rotatable bonds is 5. The van der Waals surface area contributed by atoms with Crippen molar-refractivity contribution >= 4 is 46.6 Å². The molecular weight excluding hydrogens is 370 g/mol. The summed E-state index contributed by atoms with van der Waals surface area (Å²) in [5.74, 6) is -1.39. The summed E-state index contributed by atoms with van der Waals surface area (Å²) in [7, 11) is 1.37. The van der Waals surface area contributed by atoms with Crippen LogP contribution in [-0.4, -0.2) is 46.9 Å². The number of amides is 2. The van der Waals surface area contributed by atoms with Crippen molar-refractivity contribution in [3.05, 3.63) is 27.6 Å². The van der Waals surface area contributed by atoms with Gasteiger partial charge >= 0.3 is 5.97 Å². The average molecular weight is 386 g/mol. The highest BCUT2D eigenvalue weighted by Gasteiger charge is 2.41. The second kappa shape index (κ2) is 7.79. The van der Waals surface area contributed by atoms with E-state index in [0.717, 1.165) is 4.90 Å². The molecule has 1 N–H and O–H groups in total. The van der Waals surface area contributed by atoms with Crippen LogP contribution in [0.1, 0.15) is 19.4 Å². The Morgan fingerprint density at radius 1 is 1.44 bits per heavy atom. The largest absolute Gasteiger partial charge is 0.504 e. The summed E-state index contributed by atoms with van der Waals surface area (Å²) in [6.45, 7) is 3.19. The monoisotopic (exact) mass is 385 g/mol. The van der Waals surface area contributed by atoms with Crippen LogP contribution in [0, 0.1) is 0 Å². The lowest BCUT2D eigenvalue weighted by molar-refractivity contribution is -0.150. The second-order valence-electron chi connectivity index (χ2n) is 5.03. The first kappa shape index (κ1) is 19.1. The molecule has 1 aromatic rings. The molecule has 1 saturated heterocycles. The number of aromatic hydroxyl groups is 1. The van der Waals surface area contributed by atoms with Gasteiger partial charge in [0.25, 0.3) is 11.1 Å². The molecule has 1 fully saturated rings. The summed E-state index contributed by atoms with van der Waals surface area (Å²) >= 11 is 6.62. The molecule has 2 rings (SSSR count). The Kier molecular flexibility index (Phi) is 5.97. The van der Waals surface area contributed by atoms with Gasteiger partial charge in [-0.1, -0.05) is 11.6 Å². The molecule has 9 heteroatoms. The fourth-order valence-electron chi connectivity index (χ4n) is 2.18. The Bertz CT molecular complexity index is 763. The first-order valence-electron chi connectivity index (χ1n) is 7.30. The van der Waals surface area contributed by atoms with Crippen LogP contribution in [0.5, 0.6) is 11.5 Å². The van der Waals surface area contributed by atoms with Crippen LogP contribution in [0.2, 0.25) is 5.02 Å². The fourth-order valence-corrected chi connectivity index (χ4v) is 3.30. The number of halogens is 1. The number of ether oxygens (including phenoxy) is 2. The number of imide groups is 1. The molecule has 0 aromatic heterocycles. The highest BCUT2D eigenvalue weighted by molar-refractivity contribution is 8.18. The van der Waals surface area contributed by atoms with E-state index in [4.69, 9.17) is 21.1 Å². The van der Waals surface area contributed by atoms with E-state index in [1.165, 1.54) is 32.2 Å². The third-order valence-corrected chi connectivity index (χ3v) is 4.52. The molecule has 0 spiro atoms. The highest BCUT2D eigenvalue weighted by Crippen LogP contribution is 2.39. The average Bonchev–Trinajstić information content (AvgIpc) is 2.84. The fraction of sp³-hybridized carbons (Fsp3) is 0.312. The lowest BCUT2D eigenvalue weighted by atomic mass is 10.1. The van der Waals surface area contributed by atoms with E-state index in [2.05, 4.69) is 0 Å². The standard InChI is InChI=1S/C16H16ClNO6S/c1-4-24-15(21)8(2)18-14(20)12(25-16(18)22)6-9-5-10(17)7-11(23-3)13(9)19/h5-8,19H,4H2,1-3H3. The minimum atomic E-state index is -1.04. The van der Waals surface area contributed by atoms with Crippen LogP contribution in [0.3, 0.4) is 0 Å². The van der Waals surface area contributed by atoms with E-state index >= 15 is 0 Å². The molecule has 134 valence electrons. The molecule has 7 nitrogen and oxygen atoms in total. The Balaban J connectivity index is 2.35. The molecule has 25 heavy (non-hydrogen) atoms. The molecule has 1 heterocycles. The molecule has 0 saturated carbocycles.